The third kappa shape index (κ3) is 5.39. The van der Waals surface area contributed by atoms with Crippen molar-refractivity contribution < 1.29 is 22.7 Å². The van der Waals surface area contributed by atoms with Crippen LogP contribution in [0.5, 0.6) is 0 Å². The smallest absolute Gasteiger partial charge is 0.338 e. The SMILES string of the molecule is C=CCNS(=O)(=O)c1ccc(C(=O)OCC(=O)N[C@@](C)(C#N)C2CC2)cc1. The second-order valence-corrected chi connectivity index (χ2v) is 8.14. The third-order valence-corrected chi connectivity index (χ3v) is 5.62. The summed E-state index contributed by atoms with van der Waals surface area (Å²) < 4.78 is 31.2. The number of rotatable bonds is 9. The van der Waals surface area contributed by atoms with Crippen LogP contribution in [0.2, 0.25) is 0 Å². The highest BCUT2D eigenvalue weighted by atomic mass is 32.2. The average Bonchev–Trinajstić information content (AvgIpc) is 3.50. The van der Waals surface area contributed by atoms with Gasteiger partial charge in [0.05, 0.1) is 16.5 Å². The molecule has 1 amide bonds. The summed E-state index contributed by atoms with van der Waals surface area (Å²) in [5.41, 5.74) is -0.853. The summed E-state index contributed by atoms with van der Waals surface area (Å²) in [5.74, 6) is -1.21. The lowest BCUT2D eigenvalue weighted by molar-refractivity contribution is -0.125. The molecule has 0 aromatic heterocycles. The topological polar surface area (TPSA) is 125 Å². The number of sulfonamides is 1. The Morgan fingerprint density at radius 3 is 2.52 bits per heavy atom. The molecule has 8 nitrogen and oxygen atoms in total. The molecule has 2 rings (SSSR count). The fourth-order valence-electron chi connectivity index (χ4n) is 2.44. The highest BCUT2D eigenvalue weighted by Gasteiger charge is 2.43. The summed E-state index contributed by atoms with van der Waals surface area (Å²) in [7, 11) is -3.68. The molecule has 27 heavy (non-hydrogen) atoms. The van der Waals surface area contributed by atoms with Crippen LogP contribution in [0.25, 0.3) is 0 Å². The monoisotopic (exact) mass is 391 g/mol. The molecule has 0 radical (unpaired) electrons. The molecule has 1 aliphatic carbocycles. The van der Waals surface area contributed by atoms with Gasteiger partial charge in [-0.1, -0.05) is 6.08 Å². The Bertz CT molecular complexity index is 869. The van der Waals surface area contributed by atoms with Crippen LogP contribution in [-0.4, -0.2) is 39.0 Å². The zero-order valence-electron chi connectivity index (χ0n) is 14.9. The van der Waals surface area contributed by atoms with Gasteiger partial charge in [-0.2, -0.15) is 5.26 Å². The van der Waals surface area contributed by atoms with Gasteiger partial charge < -0.3 is 10.1 Å². The van der Waals surface area contributed by atoms with E-state index in [0.717, 1.165) is 12.8 Å². The van der Waals surface area contributed by atoms with Crippen molar-refractivity contribution in [1.82, 2.24) is 10.0 Å². The largest absolute Gasteiger partial charge is 0.452 e. The lowest BCUT2D eigenvalue weighted by Crippen LogP contribution is -2.48. The Hall–Kier alpha value is -2.70. The van der Waals surface area contributed by atoms with Gasteiger partial charge in [-0.3, -0.25) is 4.79 Å². The molecule has 0 heterocycles. The minimum atomic E-state index is -3.68. The fourth-order valence-corrected chi connectivity index (χ4v) is 3.44. The number of nitrogens with zero attached hydrogens (tertiary/aromatic N) is 1. The van der Waals surface area contributed by atoms with Crippen LogP contribution in [0.3, 0.4) is 0 Å². The summed E-state index contributed by atoms with van der Waals surface area (Å²) in [6, 6.07) is 7.21. The van der Waals surface area contributed by atoms with Gasteiger partial charge in [0.1, 0.15) is 5.54 Å². The Morgan fingerprint density at radius 1 is 1.37 bits per heavy atom. The summed E-state index contributed by atoms with van der Waals surface area (Å²) >= 11 is 0. The molecule has 0 bridgehead atoms. The maximum absolute atomic E-state index is 12.0. The quantitative estimate of drug-likeness (QED) is 0.480. The molecule has 1 aliphatic rings. The molecule has 0 saturated heterocycles. The van der Waals surface area contributed by atoms with Crippen molar-refractivity contribution in [3.8, 4) is 6.07 Å². The normalized spacial score (nSPS) is 15.9. The van der Waals surface area contributed by atoms with Gasteiger partial charge >= 0.3 is 5.97 Å². The summed E-state index contributed by atoms with van der Waals surface area (Å²) in [6.07, 6.45) is 3.16. The van der Waals surface area contributed by atoms with Gasteiger partial charge in [-0.15, -0.1) is 6.58 Å². The molecule has 1 atom stereocenters. The van der Waals surface area contributed by atoms with E-state index in [1.807, 2.05) is 0 Å². The van der Waals surface area contributed by atoms with Gasteiger partial charge in [-0.25, -0.2) is 17.9 Å². The number of esters is 1. The molecular weight excluding hydrogens is 370 g/mol. The lowest BCUT2D eigenvalue weighted by Gasteiger charge is -2.22. The summed E-state index contributed by atoms with van der Waals surface area (Å²) in [4.78, 5) is 23.9. The van der Waals surface area contributed by atoms with Crippen molar-refractivity contribution in [2.24, 2.45) is 5.92 Å². The van der Waals surface area contributed by atoms with Crippen LogP contribution in [0.4, 0.5) is 0 Å². The minimum Gasteiger partial charge on any atom is -0.452 e. The Balaban J connectivity index is 1.91. The van der Waals surface area contributed by atoms with Gasteiger partial charge in [0.25, 0.3) is 5.91 Å². The second-order valence-electron chi connectivity index (χ2n) is 6.38. The molecule has 1 fully saturated rings. The van der Waals surface area contributed by atoms with Crippen LogP contribution >= 0.6 is 0 Å². The molecule has 0 spiro atoms. The molecular formula is C18H21N3O5S. The van der Waals surface area contributed by atoms with Crippen molar-refractivity contribution >= 4 is 21.9 Å². The number of ether oxygens (including phenoxy) is 1. The van der Waals surface area contributed by atoms with Crippen molar-refractivity contribution in [2.45, 2.75) is 30.2 Å². The Labute approximate surface area is 158 Å². The number of carbonyl (C=O) groups is 2. The zero-order chi connectivity index (χ0) is 20.1. The first-order valence-corrected chi connectivity index (χ1v) is 9.80. The first-order valence-electron chi connectivity index (χ1n) is 8.32. The predicted octanol–water partition coefficient (Wildman–Crippen LogP) is 1.12. The van der Waals surface area contributed by atoms with E-state index in [4.69, 9.17) is 4.74 Å². The van der Waals surface area contributed by atoms with Crippen molar-refractivity contribution in [3.05, 3.63) is 42.5 Å². The molecule has 0 unspecified atom stereocenters. The van der Waals surface area contributed by atoms with Gasteiger partial charge in [0, 0.05) is 6.54 Å². The van der Waals surface area contributed by atoms with E-state index >= 15 is 0 Å². The molecule has 1 aromatic carbocycles. The Morgan fingerprint density at radius 2 is 2.00 bits per heavy atom. The number of hydrogen-bond acceptors (Lipinski definition) is 6. The maximum Gasteiger partial charge on any atom is 0.338 e. The maximum atomic E-state index is 12.0. The van der Waals surface area contributed by atoms with Crippen LogP contribution in [0.15, 0.2) is 41.8 Å². The third-order valence-electron chi connectivity index (χ3n) is 4.18. The highest BCUT2D eigenvalue weighted by Crippen LogP contribution is 2.39. The van der Waals surface area contributed by atoms with Crippen LogP contribution < -0.4 is 10.0 Å². The number of benzene rings is 1. The zero-order valence-corrected chi connectivity index (χ0v) is 15.7. The van der Waals surface area contributed by atoms with E-state index in [-0.39, 0.29) is 22.9 Å². The minimum absolute atomic E-state index is 0.00661. The number of nitriles is 1. The van der Waals surface area contributed by atoms with Gasteiger partial charge in [0.2, 0.25) is 10.0 Å². The number of amides is 1. The fraction of sp³-hybridized carbons (Fsp3) is 0.389. The van der Waals surface area contributed by atoms with E-state index in [1.54, 1.807) is 6.92 Å². The first kappa shape index (κ1) is 20.6. The molecule has 144 valence electrons. The molecule has 1 aromatic rings. The molecule has 0 aliphatic heterocycles. The summed E-state index contributed by atoms with van der Waals surface area (Å²) in [6.45, 7) is 4.64. The van der Waals surface area contributed by atoms with E-state index in [2.05, 4.69) is 22.7 Å². The van der Waals surface area contributed by atoms with E-state index in [9.17, 15) is 23.3 Å². The molecule has 2 N–H and O–H groups in total. The van der Waals surface area contributed by atoms with Crippen LogP contribution in [0.1, 0.15) is 30.1 Å². The van der Waals surface area contributed by atoms with Crippen LogP contribution in [0, 0.1) is 17.2 Å². The average molecular weight is 391 g/mol. The molecule has 9 heteroatoms. The van der Waals surface area contributed by atoms with Crippen molar-refractivity contribution in [2.75, 3.05) is 13.2 Å². The van der Waals surface area contributed by atoms with Gasteiger partial charge in [-0.05, 0) is 49.9 Å². The van der Waals surface area contributed by atoms with Crippen LogP contribution in [-0.2, 0) is 19.6 Å². The molecule has 1 saturated carbocycles. The second kappa shape index (κ2) is 8.33. The number of carbonyl (C=O) groups excluding carboxylic acids is 2. The standard InChI is InChI=1S/C18H21N3O5S/c1-3-10-20-27(24,25)15-8-4-13(5-9-15)17(23)26-11-16(22)21-18(2,12-19)14-6-7-14/h3-5,8-9,14,20H,1,6-7,10-11H2,2H3,(H,21,22)/t18-/m0/s1. The van der Waals surface area contributed by atoms with Gasteiger partial charge in [0.15, 0.2) is 6.61 Å². The lowest BCUT2D eigenvalue weighted by atomic mass is 9.98. The number of hydrogen-bond donors (Lipinski definition) is 2. The van der Waals surface area contributed by atoms with Crippen molar-refractivity contribution in [3.63, 3.8) is 0 Å². The Kier molecular flexibility index (Phi) is 6.36. The van der Waals surface area contributed by atoms with E-state index in [0.29, 0.717) is 0 Å². The highest BCUT2D eigenvalue weighted by molar-refractivity contribution is 7.89. The number of nitrogens with one attached hydrogen (secondary N) is 2. The summed E-state index contributed by atoms with van der Waals surface area (Å²) in [5, 5.41) is 11.8. The first-order chi connectivity index (χ1) is 12.7. The van der Waals surface area contributed by atoms with E-state index in [1.165, 1.54) is 30.3 Å². The predicted molar refractivity (Wildman–Crippen MR) is 97.0 cm³/mol. The van der Waals surface area contributed by atoms with E-state index < -0.39 is 34.0 Å². The van der Waals surface area contributed by atoms with Crippen molar-refractivity contribution in [1.29, 1.82) is 5.26 Å².